The lowest BCUT2D eigenvalue weighted by molar-refractivity contribution is 0.00578. The number of hydrogen-bond acceptors (Lipinski definition) is 4. The van der Waals surface area contributed by atoms with Crippen LogP contribution in [0.2, 0.25) is 6.32 Å². The zero-order valence-electron chi connectivity index (χ0n) is 16.1. The van der Waals surface area contributed by atoms with Gasteiger partial charge in [-0.15, -0.1) is 0 Å². The highest BCUT2D eigenvalue weighted by Gasteiger charge is 2.51. The lowest BCUT2D eigenvalue weighted by Crippen LogP contribution is -2.41. The highest BCUT2D eigenvalue weighted by atomic mass is 16.7. The lowest BCUT2D eigenvalue weighted by atomic mass is 9.78. The smallest absolute Gasteiger partial charge is 0.403 e. The van der Waals surface area contributed by atoms with Crippen molar-refractivity contribution >= 4 is 13.3 Å². The fourth-order valence-electron chi connectivity index (χ4n) is 2.99. The summed E-state index contributed by atoms with van der Waals surface area (Å²) in [6, 6.07) is 1.17. The monoisotopic (exact) mass is 320 g/mol. The minimum Gasteiger partial charge on any atom is -0.403 e. The van der Waals surface area contributed by atoms with Gasteiger partial charge in [-0.3, -0.25) is 0 Å². The van der Waals surface area contributed by atoms with Crippen LogP contribution >= 0.6 is 0 Å². The van der Waals surface area contributed by atoms with Crippen molar-refractivity contribution in [3.05, 3.63) is 11.9 Å². The van der Waals surface area contributed by atoms with Crippen molar-refractivity contribution in [3.63, 3.8) is 0 Å². The van der Waals surface area contributed by atoms with E-state index < -0.39 is 0 Å². The zero-order valence-corrected chi connectivity index (χ0v) is 16.1. The molecule has 5 heteroatoms. The first kappa shape index (κ1) is 18.5. The molecule has 0 bridgehead atoms. The van der Waals surface area contributed by atoms with E-state index in [-0.39, 0.29) is 18.3 Å². The number of nitrogens with zero attached hydrogens (tertiary/aromatic N) is 2. The largest absolute Gasteiger partial charge is 0.458 e. The van der Waals surface area contributed by atoms with Crippen molar-refractivity contribution in [2.24, 2.45) is 10.9 Å². The van der Waals surface area contributed by atoms with E-state index in [2.05, 4.69) is 71.4 Å². The van der Waals surface area contributed by atoms with Crippen LogP contribution in [0.15, 0.2) is 16.9 Å². The maximum atomic E-state index is 6.11. The Morgan fingerprint density at radius 3 is 2.13 bits per heavy atom. The van der Waals surface area contributed by atoms with E-state index >= 15 is 0 Å². The molecule has 0 aromatic rings. The predicted octanol–water partition coefficient (Wildman–Crippen LogP) is 4.13. The SMILES string of the molecule is CCC=N/C(=C/C(C)CB1OC(C)(C)C(C)(C)O1)N1C(C)C1C. The van der Waals surface area contributed by atoms with Gasteiger partial charge < -0.3 is 14.2 Å². The standard InChI is InChI=1S/C18H33BN2O2/c1-9-10-20-16(21-14(3)15(21)4)11-13(2)12-19-22-17(5,6)18(7,8)23-19/h10-11,13-15H,9,12H2,1-8H3/b16-11-,20-10?. The molecule has 4 nitrogen and oxygen atoms in total. The van der Waals surface area contributed by atoms with Gasteiger partial charge in [0.15, 0.2) is 0 Å². The third kappa shape index (κ3) is 4.00. The van der Waals surface area contributed by atoms with Crippen molar-refractivity contribution in [3.8, 4) is 0 Å². The summed E-state index contributed by atoms with van der Waals surface area (Å²) >= 11 is 0. The fourth-order valence-corrected chi connectivity index (χ4v) is 2.99. The van der Waals surface area contributed by atoms with E-state index in [9.17, 15) is 0 Å². The highest BCUT2D eigenvalue weighted by molar-refractivity contribution is 6.45. The Morgan fingerprint density at radius 1 is 1.17 bits per heavy atom. The molecule has 0 aliphatic carbocycles. The summed E-state index contributed by atoms with van der Waals surface area (Å²) < 4.78 is 12.2. The Kier molecular flexibility index (Phi) is 5.32. The molecule has 0 amide bonds. The molecule has 0 aromatic carbocycles. The normalized spacial score (nSPS) is 31.0. The second-order valence-electron chi connectivity index (χ2n) is 8.03. The van der Waals surface area contributed by atoms with Crippen LogP contribution in [0.3, 0.4) is 0 Å². The van der Waals surface area contributed by atoms with Gasteiger partial charge >= 0.3 is 7.12 Å². The minimum atomic E-state index is -0.257. The van der Waals surface area contributed by atoms with Crippen molar-refractivity contribution in [1.29, 1.82) is 0 Å². The van der Waals surface area contributed by atoms with Crippen molar-refractivity contribution in [1.82, 2.24) is 4.90 Å². The average molecular weight is 320 g/mol. The van der Waals surface area contributed by atoms with Gasteiger partial charge in [-0.2, -0.15) is 0 Å². The van der Waals surface area contributed by atoms with Gasteiger partial charge in [-0.05, 0) is 66.3 Å². The molecule has 2 fully saturated rings. The van der Waals surface area contributed by atoms with Crippen molar-refractivity contribution in [2.45, 2.75) is 91.4 Å². The Hall–Kier alpha value is -0.805. The fraction of sp³-hybridized carbons (Fsp3) is 0.833. The van der Waals surface area contributed by atoms with E-state index in [1.807, 2.05) is 6.21 Å². The van der Waals surface area contributed by atoms with E-state index in [0.717, 1.165) is 18.6 Å². The van der Waals surface area contributed by atoms with Crippen LogP contribution in [0, 0.1) is 5.92 Å². The molecule has 130 valence electrons. The molecule has 2 saturated heterocycles. The van der Waals surface area contributed by atoms with Crippen LogP contribution in [0.1, 0.15) is 61.8 Å². The molecule has 23 heavy (non-hydrogen) atoms. The molecule has 2 heterocycles. The number of allylic oxidation sites excluding steroid dienone is 1. The molecule has 3 unspecified atom stereocenters. The van der Waals surface area contributed by atoms with Crippen LogP contribution < -0.4 is 0 Å². The Labute approximate surface area is 142 Å². The van der Waals surface area contributed by atoms with Gasteiger partial charge in [0.25, 0.3) is 0 Å². The van der Waals surface area contributed by atoms with Crippen molar-refractivity contribution < 1.29 is 9.31 Å². The molecule has 0 aromatic heterocycles. The molecule has 0 radical (unpaired) electrons. The van der Waals surface area contributed by atoms with Gasteiger partial charge in [0.05, 0.1) is 11.2 Å². The lowest BCUT2D eigenvalue weighted by Gasteiger charge is -2.32. The Bertz CT molecular complexity index is 463. The predicted molar refractivity (Wildman–Crippen MR) is 97.7 cm³/mol. The summed E-state index contributed by atoms with van der Waals surface area (Å²) in [5, 5.41) is 0. The molecule has 0 N–H and O–H groups in total. The van der Waals surface area contributed by atoms with Crippen LogP contribution in [0.5, 0.6) is 0 Å². The summed E-state index contributed by atoms with van der Waals surface area (Å²) in [5.41, 5.74) is -0.513. The average Bonchev–Trinajstić information content (AvgIpc) is 2.93. The van der Waals surface area contributed by atoms with E-state index in [0.29, 0.717) is 18.0 Å². The summed E-state index contributed by atoms with van der Waals surface area (Å²) in [7, 11) is -0.147. The zero-order chi connectivity index (χ0) is 17.4. The second-order valence-corrected chi connectivity index (χ2v) is 8.03. The summed E-state index contributed by atoms with van der Waals surface area (Å²) in [6.07, 6.45) is 6.07. The Balaban J connectivity index is 2.02. The van der Waals surface area contributed by atoms with E-state index in [4.69, 9.17) is 9.31 Å². The second kappa shape index (κ2) is 6.60. The summed E-state index contributed by atoms with van der Waals surface area (Å²) in [5.74, 6) is 1.45. The van der Waals surface area contributed by atoms with Crippen molar-refractivity contribution in [2.75, 3.05) is 0 Å². The molecular formula is C18H33BN2O2. The summed E-state index contributed by atoms with van der Waals surface area (Å²) in [4.78, 5) is 7.03. The molecule has 3 atom stereocenters. The topological polar surface area (TPSA) is 33.8 Å². The van der Waals surface area contributed by atoms with Gasteiger partial charge in [0, 0.05) is 18.3 Å². The first-order valence-electron chi connectivity index (χ1n) is 8.97. The first-order valence-corrected chi connectivity index (χ1v) is 8.97. The van der Waals surface area contributed by atoms with Gasteiger partial charge in [0.2, 0.25) is 0 Å². The van der Waals surface area contributed by atoms with Gasteiger partial charge in [-0.1, -0.05) is 13.8 Å². The van der Waals surface area contributed by atoms with E-state index in [1.165, 1.54) is 0 Å². The molecular weight excluding hydrogens is 287 g/mol. The number of rotatable bonds is 6. The quantitative estimate of drug-likeness (QED) is 0.419. The maximum absolute atomic E-state index is 6.11. The van der Waals surface area contributed by atoms with Gasteiger partial charge in [-0.25, -0.2) is 4.99 Å². The van der Waals surface area contributed by atoms with Crippen LogP contribution in [-0.2, 0) is 9.31 Å². The Morgan fingerprint density at radius 2 is 1.70 bits per heavy atom. The number of hydrogen-bond donors (Lipinski definition) is 0. The molecule has 2 rings (SSSR count). The van der Waals surface area contributed by atoms with Crippen LogP contribution in [0.25, 0.3) is 0 Å². The highest BCUT2D eigenvalue weighted by Crippen LogP contribution is 2.39. The third-order valence-electron chi connectivity index (χ3n) is 5.46. The van der Waals surface area contributed by atoms with E-state index in [1.54, 1.807) is 0 Å². The molecule has 0 saturated carbocycles. The molecule has 0 spiro atoms. The minimum absolute atomic E-state index is 0.147. The molecule has 2 aliphatic heterocycles. The molecule has 2 aliphatic rings. The van der Waals surface area contributed by atoms with Crippen LogP contribution in [0.4, 0.5) is 0 Å². The summed E-state index contributed by atoms with van der Waals surface area (Å²) in [6.45, 7) is 17.2. The third-order valence-corrected chi connectivity index (χ3v) is 5.46. The van der Waals surface area contributed by atoms with Gasteiger partial charge in [0.1, 0.15) is 5.82 Å². The van der Waals surface area contributed by atoms with Crippen LogP contribution in [-0.4, -0.2) is 41.5 Å². The first-order chi connectivity index (χ1) is 10.6. The maximum Gasteiger partial charge on any atom is 0.458 e. The number of aliphatic imine (C=N–C) groups is 1.